The van der Waals surface area contributed by atoms with E-state index in [4.69, 9.17) is 0 Å². The molecule has 2 N–H and O–H groups in total. The van der Waals surface area contributed by atoms with E-state index < -0.39 is 11.8 Å². The second-order valence-corrected chi connectivity index (χ2v) is 5.24. The van der Waals surface area contributed by atoms with Crippen LogP contribution in [0.1, 0.15) is 30.5 Å². The highest BCUT2D eigenvalue weighted by atomic mass is 16.2. The number of rotatable bonds is 4. The Morgan fingerprint density at radius 3 is 2.13 bits per heavy atom. The Kier molecular flexibility index (Phi) is 5.46. The first-order chi connectivity index (χ1) is 11.1. The summed E-state index contributed by atoms with van der Waals surface area (Å²) in [6.45, 7) is 5.85. The van der Waals surface area contributed by atoms with Crippen LogP contribution in [0.5, 0.6) is 0 Å². The normalized spacial score (nSPS) is 10.2. The summed E-state index contributed by atoms with van der Waals surface area (Å²) in [5.74, 6) is -1.02. The third kappa shape index (κ3) is 3.94. The Balaban J connectivity index is 2.16. The predicted octanol–water partition coefficient (Wildman–Crippen LogP) is 3.09. The molecule has 5 heteroatoms. The van der Waals surface area contributed by atoms with Crippen LogP contribution in [-0.2, 0) is 22.4 Å². The molecule has 0 radical (unpaired) electrons. The van der Waals surface area contributed by atoms with E-state index >= 15 is 0 Å². The molecule has 1 aromatic heterocycles. The summed E-state index contributed by atoms with van der Waals surface area (Å²) in [6, 6.07) is 9.47. The monoisotopic (exact) mass is 311 g/mol. The number of aryl methyl sites for hydroxylation is 3. The van der Waals surface area contributed by atoms with Gasteiger partial charge in [0.05, 0.1) is 0 Å². The molecule has 2 amide bonds. The van der Waals surface area contributed by atoms with Gasteiger partial charge in [-0.2, -0.15) is 0 Å². The van der Waals surface area contributed by atoms with E-state index in [1.54, 1.807) is 12.3 Å². The van der Waals surface area contributed by atoms with Crippen molar-refractivity contribution < 1.29 is 9.59 Å². The van der Waals surface area contributed by atoms with Crippen molar-refractivity contribution in [3.8, 4) is 0 Å². The molecule has 5 nitrogen and oxygen atoms in total. The fraction of sp³-hybridized carbons (Fsp3) is 0.278. The smallest absolute Gasteiger partial charge is 0.315 e. The van der Waals surface area contributed by atoms with Crippen LogP contribution in [0, 0.1) is 6.92 Å². The molecule has 0 aliphatic carbocycles. The van der Waals surface area contributed by atoms with Gasteiger partial charge in [0, 0.05) is 11.9 Å². The van der Waals surface area contributed by atoms with Crippen LogP contribution in [0.2, 0.25) is 0 Å². The molecule has 0 fully saturated rings. The largest absolute Gasteiger partial charge is 0.317 e. The number of para-hydroxylation sites is 1. The first-order valence-corrected chi connectivity index (χ1v) is 7.71. The number of amides is 2. The molecule has 0 saturated heterocycles. The molecule has 23 heavy (non-hydrogen) atoms. The van der Waals surface area contributed by atoms with Gasteiger partial charge in [-0.1, -0.05) is 38.1 Å². The van der Waals surface area contributed by atoms with Crippen molar-refractivity contribution >= 4 is 23.3 Å². The molecule has 2 rings (SSSR count). The minimum absolute atomic E-state index is 0.396. The molecule has 1 aromatic carbocycles. The molecule has 2 aromatic rings. The number of nitrogens with one attached hydrogen (secondary N) is 2. The number of hydrogen-bond donors (Lipinski definition) is 2. The molecule has 120 valence electrons. The fourth-order valence-electron chi connectivity index (χ4n) is 2.35. The number of aromatic nitrogens is 1. The molecular formula is C18H21N3O2. The third-order valence-electron chi connectivity index (χ3n) is 3.68. The van der Waals surface area contributed by atoms with Crippen LogP contribution in [-0.4, -0.2) is 16.8 Å². The molecular weight excluding hydrogens is 290 g/mol. The topological polar surface area (TPSA) is 71.1 Å². The Morgan fingerprint density at radius 2 is 1.57 bits per heavy atom. The molecule has 1 heterocycles. The highest BCUT2D eigenvalue weighted by Gasteiger charge is 2.18. The number of nitrogens with zero attached hydrogens (tertiary/aromatic N) is 1. The second-order valence-electron chi connectivity index (χ2n) is 5.24. The van der Waals surface area contributed by atoms with Gasteiger partial charge in [0.2, 0.25) is 0 Å². The standard InChI is InChI=1S/C18H21N3O2/c1-4-13-9-6-10-14(5-2)15(13)20-17(22)18(23)21-16-12(3)8-7-11-19-16/h6-11H,4-5H2,1-3H3,(H,20,22)(H,19,21,23). The van der Waals surface area contributed by atoms with E-state index in [0.29, 0.717) is 5.82 Å². The minimum Gasteiger partial charge on any atom is -0.317 e. The van der Waals surface area contributed by atoms with E-state index in [-0.39, 0.29) is 0 Å². The number of anilines is 2. The lowest BCUT2D eigenvalue weighted by Gasteiger charge is -2.14. The lowest BCUT2D eigenvalue weighted by molar-refractivity contribution is -0.133. The van der Waals surface area contributed by atoms with Crippen molar-refractivity contribution in [3.63, 3.8) is 0 Å². The average Bonchev–Trinajstić information content (AvgIpc) is 2.56. The summed E-state index contributed by atoms with van der Waals surface area (Å²) >= 11 is 0. The van der Waals surface area contributed by atoms with Gasteiger partial charge in [0.1, 0.15) is 5.82 Å². The highest BCUT2D eigenvalue weighted by molar-refractivity contribution is 6.43. The Labute approximate surface area is 136 Å². The van der Waals surface area contributed by atoms with Crippen LogP contribution in [0.15, 0.2) is 36.5 Å². The zero-order valence-electron chi connectivity index (χ0n) is 13.6. The summed E-state index contributed by atoms with van der Waals surface area (Å²) in [5.41, 5.74) is 3.56. The highest BCUT2D eigenvalue weighted by Crippen LogP contribution is 2.22. The molecule has 0 saturated carbocycles. The van der Waals surface area contributed by atoms with Crippen LogP contribution in [0.3, 0.4) is 0 Å². The predicted molar refractivity (Wildman–Crippen MR) is 91.4 cm³/mol. The SMILES string of the molecule is CCc1cccc(CC)c1NC(=O)C(=O)Nc1ncccc1C. The van der Waals surface area contributed by atoms with Gasteiger partial charge < -0.3 is 10.6 Å². The maximum Gasteiger partial charge on any atom is 0.315 e. The summed E-state index contributed by atoms with van der Waals surface area (Å²) in [5, 5.41) is 5.28. The quantitative estimate of drug-likeness (QED) is 0.852. The first-order valence-electron chi connectivity index (χ1n) is 7.71. The van der Waals surface area contributed by atoms with Crippen molar-refractivity contribution in [3.05, 3.63) is 53.2 Å². The van der Waals surface area contributed by atoms with E-state index in [1.165, 1.54) is 0 Å². The maximum atomic E-state index is 12.2. The number of pyridine rings is 1. The number of carbonyl (C=O) groups excluding carboxylic acids is 2. The van der Waals surface area contributed by atoms with E-state index in [0.717, 1.165) is 35.2 Å². The Bertz CT molecular complexity index is 704. The van der Waals surface area contributed by atoms with E-state index in [9.17, 15) is 9.59 Å². The van der Waals surface area contributed by atoms with Gasteiger partial charge in [0.15, 0.2) is 0 Å². The van der Waals surface area contributed by atoms with E-state index in [1.807, 2.05) is 45.0 Å². The molecule has 0 atom stereocenters. The molecule has 0 aliphatic rings. The van der Waals surface area contributed by atoms with Gasteiger partial charge in [-0.05, 0) is 42.5 Å². The van der Waals surface area contributed by atoms with Crippen LogP contribution < -0.4 is 10.6 Å². The van der Waals surface area contributed by atoms with Gasteiger partial charge in [-0.15, -0.1) is 0 Å². The third-order valence-corrected chi connectivity index (χ3v) is 3.68. The van der Waals surface area contributed by atoms with E-state index in [2.05, 4.69) is 15.6 Å². The van der Waals surface area contributed by atoms with Crippen LogP contribution in [0.25, 0.3) is 0 Å². The Morgan fingerprint density at radius 1 is 0.957 bits per heavy atom. The van der Waals surface area contributed by atoms with Crippen molar-refractivity contribution in [2.24, 2.45) is 0 Å². The minimum atomic E-state index is -0.722. The Hall–Kier alpha value is -2.69. The molecule has 0 spiro atoms. The van der Waals surface area contributed by atoms with Gasteiger partial charge in [-0.3, -0.25) is 9.59 Å². The van der Waals surface area contributed by atoms with Crippen molar-refractivity contribution in [2.75, 3.05) is 10.6 Å². The number of carbonyl (C=O) groups is 2. The van der Waals surface area contributed by atoms with Crippen molar-refractivity contribution in [2.45, 2.75) is 33.6 Å². The number of hydrogen-bond acceptors (Lipinski definition) is 3. The lowest BCUT2D eigenvalue weighted by Crippen LogP contribution is -2.30. The van der Waals surface area contributed by atoms with Crippen molar-refractivity contribution in [1.82, 2.24) is 4.98 Å². The van der Waals surface area contributed by atoms with Gasteiger partial charge in [0.25, 0.3) is 0 Å². The second kappa shape index (κ2) is 7.54. The maximum absolute atomic E-state index is 12.2. The zero-order chi connectivity index (χ0) is 16.8. The lowest BCUT2D eigenvalue weighted by atomic mass is 10.0. The van der Waals surface area contributed by atoms with Gasteiger partial charge >= 0.3 is 11.8 Å². The number of benzene rings is 1. The summed E-state index contributed by atoms with van der Waals surface area (Å²) in [6.07, 6.45) is 3.14. The van der Waals surface area contributed by atoms with Crippen molar-refractivity contribution in [1.29, 1.82) is 0 Å². The molecule has 0 aliphatic heterocycles. The zero-order valence-corrected chi connectivity index (χ0v) is 13.6. The molecule has 0 bridgehead atoms. The summed E-state index contributed by atoms with van der Waals surface area (Å²) < 4.78 is 0. The average molecular weight is 311 g/mol. The van der Waals surface area contributed by atoms with Crippen LogP contribution >= 0.6 is 0 Å². The molecule has 0 unspecified atom stereocenters. The fourth-order valence-corrected chi connectivity index (χ4v) is 2.35. The van der Waals surface area contributed by atoms with Gasteiger partial charge in [-0.25, -0.2) is 4.98 Å². The van der Waals surface area contributed by atoms with Crippen LogP contribution in [0.4, 0.5) is 11.5 Å². The first kappa shape index (κ1) is 16.7. The summed E-state index contributed by atoms with van der Waals surface area (Å²) in [7, 11) is 0. The summed E-state index contributed by atoms with van der Waals surface area (Å²) in [4.78, 5) is 28.4.